The van der Waals surface area contributed by atoms with Crippen molar-refractivity contribution in [2.45, 2.75) is 5.66 Å². The van der Waals surface area contributed by atoms with Gasteiger partial charge in [0, 0.05) is 0 Å². The molecule has 0 unspecified atom stereocenters. The molecule has 2 rings (SSSR count). The molecular formula is C13H11F2OP. The summed E-state index contributed by atoms with van der Waals surface area (Å²) >= 11 is 0. The van der Waals surface area contributed by atoms with E-state index in [0.717, 1.165) is 0 Å². The van der Waals surface area contributed by atoms with E-state index in [9.17, 15) is 13.0 Å². The first kappa shape index (κ1) is 12.0. The van der Waals surface area contributed by atoms with E-state index in [1.807, 2.05) is 0 Å². The summed E-state index contributed by atoms with van der Waals surface area (Å²) < 4.78 is 37.8. The minimum atomic E-state index is -5.22. The van der Waals surface area contributed by atoms with E-state index >= 15 is 0 Å². The summed E-state index contributed by atoms with van der Waals surface area (Å²) in [5.41, 5.74) is -0.566. The molecule has 2 aromatic carbocycles. The van der Waals surface area contributed by atoms with Crippen LogP contribution >= 0.6 is 7.76 Å². The maximum atomic E-state index is 13.3. The molecule has 0 atom stereocenters. The molecule has 0 spiro atoms. The van der Waals surface area contributed by atoms with Gasteiger partial charge in [0.1, 0.15) is 5.66 Å². The van der Waals surface area contributed by atoms with Crippen LogP contribution in [0.3, 0.4) is 0 Å². The van der Waals surface area contributed by atoms with Gasteiger partial charge in [0.2, 0.25) is 0 Å². The minimum absolute atomic E-state index is 0.382. The van der Waals surface area contributed by atoms with Crippen LogP contribution < -0.4 is 0 Å². The zero-order valence-corrected chi connectivity index (χ0v) is 9.86. The van der Waals surface area contributed by atoms with Crippen LogP contribution in [0.5, 0.6) is 0 Å². The topological polar surface area (TPSA) is 17.1 Å². The Morgan fingerprint density at radius 1 is 0.765 bits per heavy atom. The molecule has 0 radical (unpaired) electrons. The fourth-order valence-electron chi connectivity index (χ4n) is 1.81. The van der Waals surface area contributed by atoms with Crippen molar-refractivity contribution in [1.82, 2.24) is 0 Å². The van der Waals surface area contributed by atoms with Crippen molar-refractivity contribution in [2.24, 2.45) is 0 Å². The molecule has 2 aromatic rings. The van der Waals surface area contributed by atoms with E-state index in [4.69, 9.17) is 0 Å². The smallest absolute Gasteiger partial charge is 0.249 e. The van der Waals surface area contributed by atoms with Crippen molar-refractivity contribution >= 4 is 7.76 Å². The second-order valence-electron chi connectivity index (χ2n) is 3.73. The third-order valence-corrected chi connectivity index (χ3v) is 3.73. The molecule has 0 heterocycles. The van der Waals surface area contributed by atoms with Crippen molar-refractivity contribution in [2.75, 3.05) is 0 Å². The lowest BCUT2D eigenvalue weighted by molar-refractivity contribution is 0.485. The molecule has 88 valence electrons. The van der Waals surface area contributed by atoms with Crippen molar-refractivity contribution < 1.29 is 13.0 Å². The van der Waals surface area contributed by atoms with Crippen LogP contribution in [0.15, 0.2) is 60.7 Å². The van der Waals surface area contributed by atoms with Gasteiger partial charge < -0.3 is 0 Å². The summed E-state index contributed by atoms with van der Waals surface area (Å²) in [7, 11) is -5.22. The van der Waals surface area contributed by atoms with Gasteiger partial charge in [-0.15, -0.1) is 0 Å². The van der Waals surface area contributed by atoms with Gasteiger partial charge in [0.15, 0.2) is 0 Å². The zero-order valence-electron chi connectivity index (χ0n) is 8.96. The Kier molecular flexibility index (Phi) is 3.39. The minimum Gasteiger partial charge on any atom is -0.249 e. The van der Waals surface area contributed by atoms with Gasteiger partial charge in [-0.05, 0) is 11.1 Å². The van der Waals surface area contributed by atoms with Crippen LogP contribution in [0.25, 0.3) is 0 Å². The summed E-state index contributed by atoms with van der Waals surface area (Å²) in [4.78, 5) is 0. The van der Waals surface area contributed by atoms with Gasteiger partial charge in [-0.2, -0.15) is 8.39 Å². The molecule has 0 saturated carbocycles. The van der Waals surface area contributed by atoms with Crippen LogP contribution in [0.1, 0.15) is 16.8 Å². The molecule has 0 aliphatic heterocycles. The van der Waals surface area contributed by atoms with E-state index in [1.54, 1.807) is 60.7 Å². The van der Waals surface area contributed by atoms with Crippen LogP contribution in [0, 0.1) is 0 Å². The lowest BCUT2D eigenvalue weighted by Gasteiger charge is -2.16. The molecular weight excluding hydrogens is 241 g/mol. The monoisotopic (exact) mass is 252 g/mol. The molecule has 1 nitrogen and oxygen atoms in total. The van der Waals surface area contributed by atoms with Gasteiger partial charge in [-0.25, -0.2) is 4.57 Å². The number of hydrogen-bond acceptors (Lipinski definition) is 1. The average Bonchev–Trinajstić information content (AvgIpc) is 2.30. The first-order valence-electron chi connectivity index (χ1n) is 5.18. The number of hydrogen-bond donors (Lipinski definition) is 0. The fourth-order valence-corrected chi connectivity index (χ4v) is 2.85. The van der Waals surface area contributed by atoms with Crippen molar-refractivity contribution in [1.29, 1.82) is 0 Å². The molecule has 4 heteroatoms. The Morgan fingerprint density at radius 2 is 1.12 bits per heavy atom. The Hall–Kier alpha value is -1.47. The molecule has 0 aliphatic carbocycles. The van der Waals surface area contributed by atoms with Gasteiger partial charge in [0.25, 0.3) is 0 Å². The van der Waals surface area contributed by atoms with Crippen LogP contribution in [-0.2, 0) is 4.57 Å². The summed E-state index contributed by atoms with van der Waals surface area (Å²) in [6, 6.07) is 16.4. The molecule has 0 aromatic heterocycles. The third kappa shape index (κ3) is 2.80. The Morgan fingerprint density at radius 3 is 1.41 bits per heavy atom. The predicted molar refractivity (Wildman–Crippen MR) is 64.5 cm³/mol. The second-order valence-corrected chi connectivity index (χ2v) is 5.25. The second kappa shape index (κ2) is 4.80. The molecule has 17 heavy (non-hydrogen) atoms. The Balaban J connectivity index is 2.52. The average molecular weight is 252 g/mol. The summed E-state index contributed by atoms with van der Waals surface area (Å²) in [5, 5.41) is 0. The van der Waals surface area contributed by atoms with Gasteiger partial charge in [-0.3, -0.25) is 0 Å². The standard InChI is InChI=1S/C13H11F2OP/c14-17(15,16)13(11-7-3-1-4-8-11)12-9-5-2-6-10-12/h1-10,13H. The van der Waals surface area contributed by atoms with E-state index in [0.29, 0.717) is 11.1 Å². The van der Waals surface area contributed by atoms with Crippen LogP contribution in [-0.4, -0.2) is 0 Å². The highest BCUT2D eigenvalue weighted by Gasteiger charge is 2.35. The van der Waals surface area contributed by atoms with E-state index in [1.165, 1.54) is 0 Å². The first-order valence-corrected chi connectivity index (χ1v) is 6.74. The number of benzene rings is 2. The molecule has 0 aliphatic rings. The lowest BCUT2D eigenvalue weighted by Crippen LogP contribution is -1.97. The van der Waals surface area contributed by atoms with Crippen LogP contribution in [0.2, 0.25) is 0 Å². The zero-order chi connectivity index (χ0) is 12.3. The molecule has 0 bridgehead atoms. The Bertz CT molecular complexity index is 482. The lowest BCUT2D eigenvalue weighted by atomic mass is 10.0. The quantitative estimate of drug-likeness (QED) is 0.709. The molecule has 0 N–H and O–H groups in total. The van der Waals surface area contributed by atoms with Gasteiger partial charge in [-0.1, -0.05) is 60.7 Å². The Labute approximate surface area is 98.7 Å². The summed E-state index contributed by atoms with van der Waals surface area (Å²) in [6.45, 7) is 0. The van der Waals surface area contributed by atoms with E-state index in [2.05, 4.69) is 0 Å². The highest BCUT2D eigenvalue weighted by molar-refractivity contribution is 7.53. The molecule has 0 amide bonds. The predicted octanol–water partition coefficient (Wildman–Crippen LogP) is 4.91. The van der Waals surface area contributed by atoms with E-state index in [-0.39, 0.29) is 0 Å². The van der Waals surface area contributed by atoms with Crippen molar-refractivity contribution in [3.63, 3.8) is 0 Å². The van der Waals surface area contributed by atoms with Crippen molar-refractivity contribution in [3.05, 3.63) is 71.8 Å². The van der Waals surface area contributed by atoms with Gasteiger partial charge >= 0.3 is 7.76 Å². The van der Waals surface area contributed by atoms with Gasteiger partial charge in [0.05, 0.1) is 0 Å². The normalized spacial score (nSPS) is 11.7. The maximum Gasteiger partial charge on any atom is 0.414 e. The number of halogens is 2. The fraction of sp³-hybridized carbons (Fsp3) is 0.0769. The maximum absolute atomic E-state index is 13.3. The van der Waals surface area contributed by atoms with Crippen molar-refractivity contribution in [3.8, 4) is 0 Å². The van der Waals surface area contributed by atoms with Crippen LogP contribution in [0.4, 0.5) is 8.39 Å². The summed E-state index contributed by atoms with van der Waals surface area (Å²) in [5.74, 6) is 0. The largest absolute Gasteiger partial charge is 0.414 e. The molecule has 0 saturated heterocycles. The highest BCUT2D eigenvalue weighted by Crippen LogP contribution is 2.64. The first-order chi connectivity index (χ1) is 8.09. The number of rotatable bonds is 3. The summed E-state index contributed by atoms with van der Waals surface area (Å²) in [6.07, 6.45) is 0. The third-order valence-electron chi connectivity index (χ3n) is 2.53. The molecule has 0 fully saturated rings. The highest BCUT2D eigenvalue weighted by atomic mass is 31.2. The SMILES string of the molecule is O=P(F)(F)C(c1ccccc1)c1ccccc1. The van der Waals surface area contributed by atoms with E-state index < -0.39 is 13.4 Å².